The van der Waals surface area contributed by atoms with Crippen LogP contribution in [0.5, 0.6) is 0 Å². The van der Waals surface area contributed by atoms with Gasteiger partial charge >= 0.3 is 0 Å². The van der Waals surface area contributed by atoms with E-state index in [9.17, 15) is 0 Å². The molecule has 0 bridgehead atoms. The lowest BCUT2D eigenvalue weighted by atomic mass is 10.2. The molecule has 2 aromatic rings. The Morgan fingerprint density at radius 1 is 1.19 bits per heavy atom. The van der Waals surface area contributed by atoms with E-state index in [0.29, 0.717) is 5.92 Å². The predicted octanol–water partition coefficient (Wildman–Crippen LogP) is 3.47. The molecule has 0 atom stereocenters. The van der Waals surface area contributed by atoms with Gasteiger partial charge in [-0.15, -0.1) is 0 Å². The molecule has 0 radical (unpaired) electrons. The minimum absolute atomic E-state index is 0.453. The van der Waals surface area contributed by atoms with Crippen LogP contribution in [0, 0.1) is 0 Å². The molecule has 1 aliphatic heterocycles. The van der Waals surface area contributed by atoms with Gasteiger partial charge in [0, 0.05) is 19.3 Å². The molecule has 0 unspecified atom stereocenters. The van der Waals surface area contributed by atoms with Gasteiger partial charge in [-0.3, -0.25) is 0 Å². The number of aryl methyl sites for hydroxylation is 1. The van der Waals surface area contributed by atoms with Gasteiger partial charge in [-0.05, 0) is 18.8 Å². The van der Waals surface area contributed by atoms with Crippen molar-refractivity contribution in [2.24, 2.45) is 0 Å². The molecular weight excluding hydrogens is 262 g/mol. The molecule has 0 aromatic carbocycles. The molecule has 21 heavy (non-hydrogen) atoms. The summed E-state index contributed by atoms with van der Waals surface area (Å²) < 4.78 is 4.53. The molecule has 3 rings (SSSR count). The SMILES string of the molecule is CCCN1Cn2cc(C(C)C)nc2-c2c1ncn2CCC. The molecule has 0 saturated heterocycles. The summed E-state index contributed by atoms with van der Waals surface area (Å²) in [5, 5.41) is 0. The van der Waals surface area contributed by atoms with Crippen molar-refractivity contribution in [2.45, 2.75) is 59.7 Å². The van der Waals surface area contributed by atoms with Gasteiger partial charge in [-0.1, -0.05) is 27.7 Å². The average Bonchev–Trinajstić information content (AvgIpc) is 3.03. The Bertz CT molecular complexity index is 623. The summed E-state index contributed by atoms with van der Waals surface area (Å²) in [6.45, 7) is 11.7. The van der Waals surface area contributed by atoms with E-state index in [-0.39, 0.29) is 0 Å². The Labute approximate surface area is 126 Å². The highest BCUT2D eigenvalue weighted by molar-refractivity contribution is 5.70. The van der Waals surface area contributed by atoms with Crippen molar-refractivity contribution in [1.82, 2.24) is 19.1 Å². The van der Waals surface area contributed by atoms with Crippen molar-refractivity contribution in [1.29, 1.82) is 0 Å². The highest BCUT2D eigenvalue weighted by Gasteiger charge is 2.28. The number of anilines is 1. The average molecular weight is 287 g/mol. The summed E-state index contributed by atoms with van der Waals surface area (Å²) in [4.78, 5) is 11.9. The molecule has 2 aromatic heterocycles. The number of fused-ring (bicyclic) bond motifs is 3. The maximum absolute atomic E-state index is 4.88. The minimum atomic E-state index is 0.453. The quantitative estimate of drug-likeness (QED) is 0.845. The summed E-state index contributed by atoms with van der Waals surface area (Å²) in [5.74, 6) is 2.62. The molecule has 0 saturated carbocycles. The van der Waals surface area contributed by atoms with Gasteiger partial charge in [0.25, 0.3) is 0 Å². The zero-order valence-electron chi connectivity index (χ0n) is 13.5. The van der Waals surface area contributed by atoms with Crippen LogP contribution < -0.4 is 4.90 Å². The Morgan fingerprint density at radius 3 is 2.62 bits per heavy atom. The second-order valence-electron chi connectivity index (χ2n) is 6.13. The smallest absolute Gasteiger partial charge is 0.162 e. The van der Waals surface area contributed by atoms with Gasteiger partial charge < -0.3 is 14.0 Å². The van der Waals surface area contributed by atoms with Crippen LogP contribution in [0.15, 0.2) is 12.5 Å². The van der Waals surface area contributed by atoms with Gasteiger partial charge in [0.05, 0.1) is 18.7 Å². The van der Waals surface area contributed by atoms with E-state index in [4.69, 9.17) is 4.98 Å². The third-order valence-electron chi connectivity index (χ3n) is 4.00. The Kier molecular flexibility index (Phi) is 3.74. The molecule has 0 fully saturated rings. The number of rotatable bonds is 5. The zero-order valence-corrected chi connectivity index (χ0v) is 13.5. The molecule has 0 N–H and O–H groups in total. The number of hydrogen-bond acceptors (Lipinski definition) is 3. The first-order valence-corrected chi connectivity index (χ1v) is 8.03. The molecule has 0 aliphatic carbocycles. The first kappa shape index (κ1) is 14.2. The fraction of sp³-hybridized carbons (Fsp3) is 0.625. The molecular formula is C16H25N5. The Morgan fingerprint density at radius 2 is 1.95 bits per heavy atom. The third kappa shape index (κ3) is 2.34. The second-order valence-corrected chi connectivity index (χ2v) is 6.13. The standard InChI is InChI=1S/C16H25N5/c1-5-7-19-10-17-15-14(19)16-18-13(12(3)4)9-21(16)11-20(15)8-6-2/h9-10,12H,5-8,11H2,1-4H3. The van der Waals surface area contributed by atoms with Gasteiger partial charge in [-0.2, -0.15) is 0 Å². The molecule has 3 heterocycles. The summed E-state index contributed by atoms with van der Waals surface area (Å²) >= 11 is 0. The number of aromatic nitrogens is 4. The van der Waals surface area contributed by atoms with E-state index in [0.717, 1.165) is 44.2 Å². The number of imidazole rings is 2. The third-order valence-corrected chi connectivity index (χ3v) is 4.00. The topological polar surface area (TPSA) is 38.9 Å². The van der Waals surface area contributed by atoms with E-state index < -0.39 is 0 Å². The van der Waals surface area contributed by atoms with E-state index in [1.54, 1.807) is 0 Å². The summed E-state index contributed by atoms with van der Waals surface area (Å²) in [6, 6.07) is 0. The van der Waals surface area contributed by atoms with Crippen LogP contribution in [-0.2, 0) is 13.2 Å². The highest BCUT2D eigenvalue weighted by atomic mass is 15.4. The molecule has 114 valence electrons. The summed E-state index contributed by atoms with van der Waals surface area (Å²) in [5.41, 5.74) is 2.35. The first-order chi connectivity index (χ1) is 10.2. The monoisotopic (exact) mass is 287 g/mol. The molecule has 1 aliphatic rings. The normalized spacial score (nSPS) is 13.7. The van der Waals surface area contributed by atoms with E-state index in [1.165, 1.54) is 11.4 Å². The van der Waals surface area contributed by atoms with Crippen LogP contribution in [0.2, 0.25) is 0 Å². The van der Waals surface area contributed by atoms with Crippen LogP contribution in [0.25, 0.3) is 11.5 Å². The van der Waals surface area contributed by atoms with Crippen molar-refractivity contribution in [3.05, 3.63) is 18.2 Å². The number of hydrogen-bond donors (Lipinski definition) is 0. The molecule has 0 amide bonds. The van der Waals surface area contributed by atoms with Crippen LogP contribution in [0.3, 0.4) is 0 Å². The minimum Gasteiger partial charge on any atom is -0.337 e. The lowest BCUT2D eigenvalue weighted by Gasteiger charge is -2.29. The zero-order chi connectivity index (χ0) is 15.0. The van der Waals surface area contributed by atoms with E-state index in [2.05, 4.69) is 52.9 Å². The highest BCUT2D eigenvalue weighted by Crippen LogP contribution is 2.35. The van der Waals surface area contributed by atoms with Crippen LogP contribution in [0.4, 0.5) is 5.82 Å². The van der Waals surface area contributed by atoms with Crippen molar-refractivity contribution in [2.75, 3.05) is 11.4 Å². The Balaban J connectivity index is 2.11. The van der Waals surface area contributed by atoms with Gasteiger partial charge in [0.15, 0.2) is 11.6 Å². The predicted molar refractivity (Wildman–Crippen MR) is 85.5 cm³/mol. The summed E-state index contributed by atoms with van der Waals surface area (Å²) in [7, 11) is 0. The second kappa shape index (κ2) is 5.54. The fourth-order valence-corrected chi connectivity index (χ4v) is 2.95. The van der Waals surface area contributed by atoms with Gasteiger partial charge in [-0.25, -0.2) is 9.97 Å². The Hall–Kier alpha value is -1.78. The number of nitrogens with zero attached hydrogens (tertiary/aromatic N) is 5. The van der Waals surface area contributed by atoms with Crippen LogP contribution >= 0.6 is 0 Å². The fourth-order valence-electron chi connectivity index (χ4n) is 2.95. The molecule has 5 heteroatoms. The largest absolute Gasteiger partial charge is 0.337 e. The summed E-state index contributed by atoms with van der Waals surface area (Å²) in [6.07, 6.45) is 6.40. The lowest BCUT2D eigenvalue weighted by molar-refractivity contribution is 0.605. The van der Waals surface area contributed by atoms with Crippen molar-refractivity contribution >= 4 is 5.82 Å². The van der Waals surface area contributed by atoms with Gasteiger partial charge in [0.1, 0.15) is 5.69 Å². The van der Waals surface area contributed by atoms with Crippen molar-refractivity contribution in [3.8, 4) is 11.5 Å². The molecule has 5 nitrogen and oxygen atoms in total. The maximum atomic E-state index is 4.88. The van der Waals surface area contributed by atoms with Gasteiger partial charge in [0.2, 0.25) is 0 Å². The van der Waals surface area contributed by atoms with Crippen LogP contribution in [-0.4, -0.2) is 25.6 Å². The maximum Gasteiger partial charge on any atom is 0.162 e. The molecule has 0 spiro atoms. The van der Waals surface area contributed by atoms with Crippen molar-refractivity contribution < 1.29 is 0 Å². The first-order valence-electron chi connectivity index (χ1n) is 8.03. The van der Waals surface area contributed by atoms with E-state index in [1.807, 2.05) is 6.33 Å². The van der Waals surface area contributed by atoms with Crippen LogP contribution in [0.1, 0.15) is 52.1 Å². The lowest BCUT2D eigenvalue weighted by Crippen LogP contribution is -2.31. The van der Waals surface area contributed by atoms with E-state index >= 15 is 0 Å². The van der Waals surface area contributed by atoms with Crippen molar-refractivity contribution in [3.63, 3.8) is 0 Å².